The Hall–Kier alpha value is -2.24. The molecule has 4 nitrogen and oxygen atoms in total. The molecule has 26 heavy (non-hydrogen) atoms. The number of anilines is 1. The highest BCUT2D eigenvalue weighted by Gasteiger charge is 2.21. The van der Waals surface area contributed by atoms with Gasteiger partial charge in [-0.15, -0.1) is 0 Å². The van der Waals surface area contributed by atoms with Crippen LogP contribution < -0.4 is 4.90 Å². The minimum absolute atomic E-state index is 0.0118. The SMILES string of the molecule is Cc1cc(C)c2sc(N(CCCN(C)C)C(=O)c3ccccc3)nc2c1. The van der Waals surface area contributed by atoms with E-state index >= 15 is 0 Å². The van der Waals surface area contributed by atoms with Crippen molar-refractivity contribution in [3.8, 4) is 0 Å². The van der Waals surface area contributed by atoms with Crippen molar-refractivity contribution in [2.24, 2.45) is 0 Å². The molecule has 1 heterocycles. The summed E-state index contributed by atoms with van der Waals surface area (Å²) in [4.78, 5) is 21.9. The first-order valence-corrected chi connectivity index (χ1v) is 9.67. The normalized spacial score (nSPS) is 11.3. The number of benzene rings is 2. The van der Waals surface area contributed by atoms with Crippen LogP contribution in [0.1, 0.15) is 27.9 Å². The van der Waals surface area contributed by atoms with Gasteiger partial charge in [0.1, 0.15) is 0 Å². The second kappa shape index (κ2) is 7.98. The molecule has 0 fully saturated rings. The summed E-state index contributed by atoms with van der Waals surface area (Å²) < 4.78 is 1.16. The van der Waals surface area contributed by atoms with Gasteiger partial charge in [0, 0.05) is 12.1 Å². The van der Waals surface area contributed by atoms with Crippen molar-refractivity contribution in [1.29, 1.82) is 0 Å². The number of fused-ring (bicyclic) bond motifs is 1. The molecular formula is C21H25N3OS. The van der Waals surface area contributed by atoms with Gasteiger partial charge in [-0.05, 0) is 70.2 Å². The van der Waals surface area contributed by atoms with Crippen LogP contribution in [0.25, 0.3) is 10.2 Å². The Morgan fingerprint density at radius 2 is 1.81 bits per heavy atom. The minimum atomic E-state index is 0.0118. The number of hydrogen-bond donors (Lipinski definition) is 0. The second-order valence-electron chi connectivity index (χ2n) is 6.91. The van der Waals surface area contributed by atoms with E-state index in [-0.39, 0.29) is 5.91 Å². The van der Waals surface area contributed by atoms with Gasteiger partial charge in [-0.25, -0.2) is 4.98 Å². The summed E-state index contributed by atoms with van der Waals surface area (Å²) >= 11 is 1.60. The molecule has 3 rings (SSSR count). The maximum Gasteiger partial charge on any atom is 0.260 e. The van der Waals surface area contributed by atoms with Crippen molar-refractivity contribution in [1.82, 2.24) is 9.88 Å². The molecule has 0 saturated heterocycles. The van der Waals surface area contributed by atoms with Crippen LogP contribution in [-0.2, 0) is 0 Å². The molecule has 2 aromatic carbocycles. The Kier molecular flexibility index (Phi) is 5.69. The number of aryl methyl sites for hydroxylation is 2. The van der Waals surface area contributed by atoms with Gasteiger partial charge in [-0.2, -0.15) is 0 Å². The molecule has 0 bridgehead atoms. The molecule has 136 valence electrons. The Morgan fingerprint density at radius 3 is 2.50 bits per heavy atom. The zero-order chi connectivity index (χ0) is 18.7. The van der Waals surface area contributed by atoms with E-state index in [1.54, 1.807) is 11.3 Å². The first-order chi connectivity index (χ1) is 12.5. The smallest absolute Gasteiger partial charge is 0.260 e. The molecule has 0 radical (unpaired) electrons. The molecular weight excluding hydrogens is 342 g/mol. The molecule has 0 saturated carbocycles. The monoisotopic (exact) mass is 367 g/mol. The maximum absolute atomic E-state index is 13.1. The molecule has 3 aromatic rings. The van der Waals surface area contributed by atoms with E-state index in [4.69, 9.17) is 4.98 Å². The van der Waals surface area contributed by atoms with Gasteiger partial charge in [-0.3, -0.25) is 9.69 Å². The molecule has 0 aliphatic carbocycles. The van der Waals surface area contributed by atoms with Crippen LogP contribution in [-0.4, -0.2) is 43.0 Å². The van der Waals surface area contributed by atoms with Crippen molar-refractivity contribution in [3.63, 3.8) is 0 Å². The number of hydrogen-bond acceptors (Lipinski definition) is 4. The van der Waals surface area contributed by atoms with Gasteiger partial charge in [0.05, 0.1) is 10.2 Å². The van der Waals surface area contributed by atoms with E-state index in [2.05, 4.69) is 30.9 Å². The highest BCUT2D eigenvalue weighted by Crippen LogP contribution is 2.32. The van der Waals surface area contributed by atoms with Crippen LogP contribution in [0.4, 0.5) is 5.13 Å². The number of carbonyl (C=O) groups excluding carboxylic acids is 1. The fourth-order valence-corrected chi connectivity index (χ4v) is 4.09. The number of amides is 1. The van der Waals surface area contributed by atoms with E-state index < -0.39 is 0 Å². The largest absolute Gasteiger partial charge is 0.309 e. The van der Waals surface area contributed by atoms with Crippen LogP contribution in [0.3, 0.4) is 0 Å². The summed E-state index contributed by atoms with van der Waals surface area (Å²) in [6.45, 7) is 5.77. The van der Waals surface area contributed by atoms with Crippen molar-refractivity contribution >= 4 is 32.6 Å². The lowest BCUT2D eigenvalue weighted by molar-refractivity contribution is 0.0986. The Labute approximate surface area is 159 Å². The van der Waals surface area contributed by atoms with Crippen molar-refractivity contribution in [2.75, 3.05) is 32.1 Å². The molecule has 0 spiro atoms. The van der Waals surface area contributed by atoms with Gasteiger partial charge in [0.15, 0.2) is 5.13 Å². The van der Waals surface area contributed by atoms with E-state index in [1.165, 1.54) is 11.1 Å². The predicted molar refractivity (Wildman–Crippen MR) is 110 cm³/mol. The summed E-state index contributed by atoms with van der Waals surface area (Å²) in [6, 6.07) is 13.7. The fourth-order valence-electron chi connectivity index (χ4n) is 3.05. The molecule has 0 unspecified atom stereocenters. The number of thiazole rings is 1. The van der Waals surface area contributed by atoms with Crippen molar-refractivity contribution in [2.45, 2.75) is 20.3 Å². The lowest BCUT2D eigenvalue weighted by Gasteiger charge is -2.21. The van der Waals surface area contributed by atoms with E-state index in [9.17, 15) is 4.79 Å². The highest BCUT2D eigenvalue weighted by atomic mass is 32.1. The summed E-state index contributed by atoms with van der Waals surface area (Å²) in [5.74, 6) is 0.0118. The Morgan fingerprint density at radius 1 is 1.08 bits per heavy atom. The summed E-state index contributed by atoms with van der Waals surface area (Å²) in [5.41, 5.74) is 4.08. The Bertz CT molecular complexity index is 902. The quantitative estimate of drug-likeness (QED) is 0.643. The maximum atomic E-state index is 13.1. The Balaban J connectivity index is 1.97. The summed E-state index contributed by atoms with van der Waals surface area (Å²) in [7, 11) is 4.10. The molecule has 5 heteroatoms. The van der Waals surface area contributed by atoms with Gasteiger partial charge >= 0.3 is 0 Å². The minimum Gasteiger partial charge on any atom is -0.309 e. The van der Waals surface area contributed by atoms with E-state index in [0.29, 0.717) is 12.1 Å². The zero-order valence-electron chi connectivity index (χ0n) is 15.8. The summed E-state index contributed by atoms with van der Waals surface area (Å²) in [5, 5.41) is 0.779. The van der Waals surface area contributed by atoms with Crippen molar-refractivity contribution in [3.05, 3.63) is 59.2 Å². The number of nitrogens with zero attached hydrogens (tertiary/aromatic N) is 3. The predicted octanol–water partition coefficient (Wildman–Crippen LogP) is 4.51. The molecule has 0 aliphatic rings. The average Bonchev–Trinajstić information content (AvgIpc) is 3.02. The molecule has 1 aromatic heterocycles. The van der Waals surface area contributed by atoms with Crippen LogP contribution in [0.15, 0.2) is 42.5 Å². The topological polar surface area (TPSA) is 36.4 Å². The number of rotatable bonds is 6. The second-order valence-corrected chi connectivity index (χ2v) is 7.88. The molecule has 0 N–H and O–H groups in total. The summed E-state index contributed by atoms with van der Waals surface area (Å²) in [6.07, 6.45) is 0.902. The van der Waals surface area contributed by atoms with Gasteiger partial charge in [-0.1, -0.05) is 35.6 Å². The fraction of sp³-hybridized carbons (Fsp3) is 0.333. The number of aromatic nitrogens is 1. The third-order valence-corrected chi connectivity index (χ3v) is 5.52. The average molecular weight is 368 g/mol. The van der Waals surface area contributed by atoms with Gasteiger partial charge in [0.2, 0.25) is 0 Å². The van der Waals surface area contributed by atoms with Crippen molar-refractivity contribution < 1.29 is 4.79 Å². The van der Waals surface area contributed by atoms with Crippen LogP contribution in [0.2, 0.25) is 0 Å². The highest BCUT2D eigenvalue weighted by molar-refractivity contribution is 7.22. The standard InChI is InChI=1S/C21H25N3OS/c1-15-13-16(2)19-18(14-15)22-21(26-19)24(12-8-11-23(3)4)20(25)17-9-6-5-7-10-17/h5-7,9-10,13-14H,8,11-12H2,1-4H3. The molecule has 0 atom stereocenters. The number of carbonyl (C=O) groups is 1. The molecule has 0 aliphatic heterocycles. The van der Waals surface area contributed by atoms with Gasteiger partial charge in [0.25, 0.3) is 5.91 Å². The first-order valence-electron chi connectivity index (χ1n) is 8.85. The lowest BCUT2D eigenvalue weighted by Crippen LogP contribution is -2.33. The van der Waals surface area contributed by atoms with E-state index in [1.807, 2.05) is 49.3 Å². The van der Waals surface area contributed by atoms with Crippen LogP contribution >= 0.6 is 11.3 Å². The zero-order valence-corrected chi connectivity index (χ0v) is 16.6. The first kappa shape index (κ1) is 18.5. The van der Waals surface area contributed by atoms with E-state index in [0.717, 1.165) is 28.3 Å². The van der Waals surface area contributed by atoms with Crippen LogP contribution in [0, 0.1) is 13.8 Å². The van der Waals surface area contributed by atoms with Gasteiger partial charge < -0.3 is 4.90 Å². The third kappa shape index (κ3) is 4.11. The molecule has 1 amide bonds. The van der Waals surface area contributed by atoms with Crippen LogP contribution in [0.5, 0.6) is 0 Å². The lowest BCUT2D eigenvalue weighted by atomic mass is 10.1. The third-order valence-electron chi connectivity index (χ3n) is 4.29.